The van der Waals surface area contributed by atoms with Gasteiger partial charge in [0, 0.05) is 28.3 Å². The molecule has 0 bridgehead atoms. The van der Waals surface area contributed by atoms with Crippen molar-refractivity contribution in [1.82, 2.24) is 14.9 Å². The number of pyridine rings is 1. The zero-order valence-corrected chi connectivity index (χ0v) is 20.8. The predicted octanol–water partition coefficient (Wildman–Crippen LogP) is 7.11. The van der Waals surface area contributed by atoms with E-state index in [1.807, 2.05) is 42.2 Å². The second-order valence-corrected chi connectivity index (χ2v) is 9.46. The van der Waals surface area contributed by atoms with Gasteiger partial charge in [0.25, 0.3) is 0 Å². The summed E-state index contributed by atoms with van der Waals surface area (Å²) in [6, 6.07) is 19.4. The van der Waals surface area contributed by atoms with Crippen LogP contribution in [0.25, 0.3) is 5.69 Å². The van der Waals surface area contributed by atoms with Crippen LogP contribution in [0.5, 0.6) is 0 Å². The first-order chi connectivity index (χ1) is 16.3. The fraction of sp³-hybridized carbons (Fsp3) is 0.154. The third kappa shape index (κ3) is 3.96. The number of anilines is 1. The quantitative estimate of drug-likeness (QED) is 0.296. The summed E-state index contributed by atoms with van der Waals surface area (Å²) in [6.45, 7) is 4.10. The molecule has 1 aliphatic rings. The Morgan fingerprint density at radius 1 is 1.00 bits per heavy atom. The van der Waals surface area contributed by atoms with Crippen molar-refractivity contribution in [3.8, 4) is 5.69 Å². The molecule has 0 radical (unpaired) electrons. The van der Waals surface area contributed by atoms with E-state index in [1.54, 1.807) is 24.4 Å². The highest BCUT2D eigenvalue weighted by atomic mass is 35.5. The van der Waals surface area contributed by atoms with Gasteiger partial charge in [-0.1, -0.05) is 29.3 Å². The van der Waals surface area contributed by atoms with Gasteiger partial charge in [-0.15, -0.1) is 0 Å². The SMILES string of the molecule is Cc1cc([C@H]2[C@@H](c3ccccn3)NC(=S)N2c2ccc(F)cc2)c(C)n1-c1ccc(Cl)cc1Cl. The fourth-order valence-electron chi connectivity index (χ4n) is 4.67. The predicted molar refractivity (Wildman–Crippen MR) is 140 cm³/mol. The van der Waals surface area contributed by atoms with E-state index in [0.717, 1.165) is 34.0 Å². The Kier molecular flexibility index (Phi) is 6.06. The van der Waals surface area contributed by atoms with Gasteiger partial charge in [0.15, 0.2) is 5.11 Å². The lowest BCUT2D eigenvalue weighted by Gasteiger charge is -2.28. The van der Waals surface area contributed by atoms with Crippen molar-refractivity contribution < 1.29 is 4.39 Å². The normalized spacial score (nSPS) is 17.8. The first-order valence-electron chi connectivity index (χ1n) is 10.8. The molecule has 172 valence electrons. The standard InChI is InChI=1S/C26H21Cl2FN4S/c1-15-13-20(16(2)32(15)23-11-6-17(27)14-21(23)28)25-24(22-5-3-4-12-30-22)31-26(34)33(25)19-9-7-18(29)8-10-19/h3-14,24-25H,1-2H3,(H,31,34)/t24-,25+/m1/s1. The van der Waals surface area contributed by atoms with E-state index in [1.165, 1.54) is 12.1 Å². The summed E-state index contributed by atoms with van der Waals surface area (Å²) in [5.74, 6) is -0.296. The van der Waals surface area contributed by atoms with Crippen LogP contribution < -0.4 is 10.2 Å². The average Bonchev–Trinajstić information content (AvgIpc) is 3.31. The Balaban J connectivity index is 1.69. The molecule has 2 atom stereocenters. The molecule has 2 aromatic carbocycles. The summed E-state index contributed by atoms with van der Waals surface area (Å²) in [5, 5.41) is 5.15. The number of thiocarbonyl (C=S) groups is 1. The third-order valence-corrected chi connectivity index (χ3v) is 6.99. The van der Waals surface area contributed by atoms with Gasteiger partial charge in [0.05, 0.1) is 28.5 Å². The van der Waals surface area contributed by atoms with Crippen molar-refractivity contribution in [2.75, 3.05) is 4.90 Å². The maximum atomic E-state index is 13.7. The minimum Gasteiger partial charge on any atom is -0.351 e. The summed E-state index contributed by atoms with van der Waals surface area (Å²) in [7, 11) is 0. The van der Waals surface area contributed by atoms with E-state index in [-0.39, 0.29) is 17.9 Å². The molecule has 1 fully saturated rings. The number of rotatable bonds is 4. The van der Waals surface area contributed by atoms with Gasteiger partial charge in [-0.25, -0.2) is 4.39 Å². The number of nitrogens with zero attached hydrogens (tertiary/aromatic N) is 3. The lowest BCUT2D eigenvalue weighted by Crippen LogP contribution is -2.29. The maximum absolute atomic E-state index is 13.7. The number of aryl methyl sites for hydroxylation is 1. The van der Waals surface area contributed by atoms with E-state index in [2.05, 4.69) is 27.9 Å². The van der Waals surface area contributed by atoms with Crippen LogP contribution in [0.3, 0.4) is 0 Å². The molecule has 8 heteroatoms. The summed E-state index contributed by atoms with van der Waals surface area (Å²) in [4.78, 5) is 6.63. The Morgan fingerprint density at radius 3 is 2.44 bits per heavy atom. The molecule has 0 saturated carbocycles. The van der Waals surface area contributed by atoms with E-state index < -0.39 is 0 Å². The summed E-state index contributed by atoms with van der Waals surface area (Å²) < 4.78 is 15.8. The van der Waals surface area contributed by atoms with Gasteiger partial charge >= 0.3 is 0 Å². The van der Waals surface area contributed by atoms with Crippen molar-refractivity contribution in [3.05, 3.63) is 111 Å². The highest BCUT2D eigenvalue weighted by Crippen LogP contribution is 2.44. The van der Waals surface area contributed by atoms with Crippen molar-refractivity contribution in [2.24, 2.45) is 0 Å². The molecular formula is C26H21Cl2FN4S. The number of benzene rings is 2. The number of nitrogens with one attached hydrogen (secondary N) is 1. The Hall–Kier alpha value is -2.93. The summed E-state index contributed by atoms with van der Waals surface area (Å²) in [5.41, 5.74) is 5.63. The smallest absolute Gasteiger partial charge is 0.174 e. The number of hydrogen-bond donors (Lipinski definition) is 1. The largest absolute Gasteiger partial charge is 0.351 e. The molecule has 0 unspecified atom stereocenters. The van der Waals surface area contributed by atoms with Crippen molar-refractivity contribution in [3.63, 3.8) is 0 Å². The molecule has 3 heterocycles. The van der Waals surface area contributed by atoms with Crippen LogP contribution in [0, 0.1) is 19.7 Å². The lowest BCUT2D eigenvalue weighted by atomic mass is 9.96. The zero-order chi connectivity index (χ0) is 24.0. The van der Waals surface area contributed by atoms with Crippen LogP contribution in [0.1, 0.15) is 34.7 Å². The van der Waals surface area contributed by atoms with E-state index in [9.17, 15) is 4.39 Å². The van der Waals surface area contributed by atoms with Crippen molar-refractivity contribution in [1.29, 1.82) is 0 Å². The van der Waals surface area contributed by atoms with E-state index in [0.29, 0.717) is 15.2 Å². The molecule has 0 spiro atoms. The minimum atomic E-state index is -0.296. The van der Waals surface area contributed by atoms with Crippen LogP contribution in [-0.4, -0.2) is 14.7 Å². The minimum absolute atomic E-state index is 0.201. The second kappa shape index (κ2) is 9.02. The van der Waals surface area contributed by atoms with E-state index >= 15 is 0 Å². The molecule has 2 aromatic heterocycles. The molecular weight excluding hydrogens is 490 g/mol. The Labute approximate surface area is 213 Å². The highest BCUT2D eigenvalue weighted by molar-refractivity contribution is 7.80. The Morgan fingerprint density at radius 2 is 1.76 bits per heavy atom. The van der Waals surface area contributed by atoms with Crippen molar-refractivity contribution >= 4 is 46.2 Å². The van der Waals surface area contributed by atoms with E-state index in [4.69, 9.17) is 35.4 Å². The van der Waals surface area contributed by atoms with Crippen LogP contribution in [0.2, 0.25) is 10.0 Å². The number of halogens is 3. The molecule has 1 N–H and O–H groups in total. The fourth-order valence-corrected chi connectivity index (χ4v) is 5.51. The first kappa shape index (κ1) is 22.8. The average molecular weight is 511 g/mol. The number of aromatic nitrogens is 2. The van der Waals surface area contributed by atoms with Crippen LogP contribution in [-0.2, 0) is 0 Å². The third-order valence-electron chi connectivity index (χ3n) is 6.14. The lowest BCUT2D eigenvalue weighted by molar-refractivity contribution is 0.565. The first-order valence-corrected chi connectivity index (χ1v) is 11.9. The Bertz CT molecular complexity index is 1370. The molecule has 5 rings (SSSR count). The topological polar surface area (TPSA) is 33.1 Å². The summed E-state index contributed by atoms with van der Waals surface area (Å²) in [6.07, 6.45) is 1.77. The van der Waals surface area contributed by atoms with Gasteiger partial charge < -0.3 is 14.8 Å². The molecule has 1 aliphatic heterocycles. The summed E-state index contributed by atoms with van der Waals surface area (Å²) >= 11 is 18.5. The zero-order valence-electron chi connectivity index (χ0n) is 18.5. The molecule has 34 heavy (non-hydrogen) atoms. The molecule has 4 aromatic rings. The maximum Gasteiger partial charge on any atom is 0.174 e. The highest BCUT2D eigenvalue weighted by Gasteiger charge is 2.42. The number of hydrogen-bond acceptors (Lipinski definition) is 2. The second-order valence-electron chi connectivity index (χ2n) is 8.23. The van der Waals surface area contributed by atoms with Crippen LogP contribution in [0.15, 0.2) is 72.9 Å². The molecule has 0 aliphatic carbocycles. The monoisotopic (exact) mass is 510 g/mol. The van der Waals surface area contributed by atoms with Crippen molar-refractivity contribution in [2.45, 2.75) is 25.9 Å². The van der Waals surface area contributed by atoms with Crippen LogP contribution >= 0.6 is 35.4 Å². The molecule has 0 amide bonds. The molecule has 1 saturated heterocycles. The van der Waals surface area contributed by atoms with Gasteiger partial charge in [-0.05, 0) is 92.3 Å². The van der Waals surface area contributed by atoms with Gasteiger partial charge in [-0.2, -0.15) is 0 Å². The van der Waals surface area contributed by atoms with Gasteiger partial charge in [0.1, 0.15) is 5.82 Å². The van der Waals surface area contributed by atoms with Gasteiger partial charge in [0.2, 0.25) is 0 Å². The molecule has 4 nitrogen and oxygen atoms in total. The van der Waals surface area contributed by atoms with Gasteiger partial charge in [-0.3, -0.25) is 4.98 Å². The van der Waals surface area contributed by atoms with Crippen LogP contribution in [0.4, 0.5) is 10.1 Å².